The number of carbonyl (C=O) groups excluding carboxylic acids is 3. The molecule has 1 saturated heterocycles. The third-order valence-corrected chi connectivity index (χ3v) is 5.39. The van der Waals surface area contributed by atoms with Crippen LogP contribution in [0, 0.1) is 0 Å². The Balaban J connectivity index is 1.58. The first-order valence-corrected chi connectivity index (χ1v) is 9.45. The van der Waals surface area contributed by atoms with Gasteiger partial charge < -0.3 is 10.2 Å². The number of carbonyl (C=O) groups is 3. The molecule has 0 bridgehead atoms. The summed E-state index contributed by atoms with van der Waals surface area (Å²) in [5.74, 6) is -0.780. The lowest BCUT2D eigenvalue weighted by Gasteiger charge is -2.24. The van der Waals surface area contributed by atoms with Crippen molar-refractivity contribution >= 4 is 17.7 Å². The lowest BCUT2D eigenvalue weighted by atomic mass is 10.0. The first-order chi connectivity index (χ1) is 13.6. The minimum atomic E-state index is -0.361. The van der Waals surface area contributed by atoms with E-state index in [-0.39, 0.29) is 30.3 Å². The number of pyridine rings is 1. The zero-order chi connectivity index (χ0) is 19.7. The van der Waals surface area contributed by atoms with Crippen LogP contribution in [0.4, 0.5) is 0 Å². The second-order valence-electron chi connectivity index (χ2n) is 7.16. The molecule has 2 aromatic rings. The third-order valence-electron chi connectivity index (χ3n) is 5.39. The Bertz CT molecular complexity index is 929. The van der Waals surface area contributed by atoms with E-state index in [9.17, 15) is 14.4 Å². The van der Waals surface area contributed by atoms with Crippen molar-refractivity contribution in [2.75, 3.05) is 20.1 Å². The summed E-state index contributed by atoms with van der Waals surface area (Å²) in [6.07, 6.45) is 5.19. The van der Waals surface area contributed by atoms with Crippen molar-refractivity contribution in [1.29, 1.82) is 0 Å². The summed E-state index contributed by atoms with van der Waals surface area (Å²) < 4.78 is 0. The van der Waals surface area contributed by atoms with Crippen LogP contribution >= 0.6 is 0 Å². The molecule has 0 aliphatic carbocycles. The molecule has 3 heterocycles. The van der Waals surface area contributed by atoms with Crippen LogP contribution in [-0.4, -0.2) is 58.7 Å². The molecule has 1 N–H and O–H groups in total. The third kappa shape index (κ3) is 3.18. The smallest absolute Gasteiger partial charge is 0.261 e. The number of likely N-dealkylation sites (N-methyl/N-ethyl adjacent to an activating group) is 1. The van der Waals surface area contributed by atoms with Gasteiger partial charge in [0, 0.05) is 37.1 Å². The van der Waals surface area contributed by atoms with E-state index in [1.165, 1.54) is 4.90 Å². The summed E-state index contributed by atoms with van der Waals surface area (Å²) in [4.78, 5) is 45.5. The van der Waals surface area contributed by atoms with Crippen molar-refractivity contribution in [1.82, 2.24) is 20.1 Å². The minimum Gasteiger partial charge on any atom is -0.334 e. The SMILES string of the molecule is CNCC1CCCN1C(=O)c1ccc2c(c1)C(=O)N(Cc1ccncc1)C2=O. The number of benzene rings is 1. The van der Waals surface area contributed by atoms with Crippen molar-refractivity contribution in [3.63, 3.8) is 0 Å². The molecule has 3 amide bonds. The van der Waals surface area contributed by atoms with Gasteiger partial charge in [0.05, 0.1) is 17.7 Å². The minimum absolute atomic E-state index is 0.0895. The van der Waals surface area contributed by atoms with E-state index in [1.807, 2.05) is 11.9 Å². The van der Waals surface area contributed by atoms with Gasteiger partial charge in [-0.1, -0.05) is 0 Å². The van der Waals surface area contributed by atoms with Gasteiger partial charge in [0.25, 0.3) is 17.7 Å². The average molecular weight is 378 g/mol. The van der Waals surface area contributed by atoms with Crippen LogP contribution in [0.3, 0.4) is 0 Å². The summed E-state index contributed by atoms with van der Waals surface area (Å²) >= 11 is 0. The van der Waals surface area contributed by atoms with Gasteiger partial charge >= 0.3 is 0 Å². The molecule has 0 spiro atoms. The number of amides is 3. The molecule has 1 fully saturated rings. The highest BCUT2D eigenvalue weighted by atomic mass is 16.2. The zero-order valence-electron chi connectivity index (χ0n) is 15.7. The number of rotatable bonds is 5. The first kappa shape index (κ1) is 18.3. The molecule has 1 unspecified atom stereocenters. The fourth-order valence-corrected chi connectivity index (χ4v) is 3.95. The van der Waals surface area contributed by atoms with Gasteiger partial charge in [0.1, 0.15) is 0 Å². The van der Waals surface area contributed by atoms with E-state index >= 15 is 0 Å². The molecule has 2 aliphatic rings. The first-order valence-electron chi connectivity index (χ1n) is 9.45. The Morgan fingerprint density at radius 3 is 2.64 bits per heavy atom. The van der Waals surface area contributed by atoms with Crippen molar-refractivity contribution in [3.05, 3.63) is 65.0 Å². The standard InChI is InChI=1S/C21H22N4O3/c1-22-12-16-3-2-10-24(16)19(26)15-4-5-17-18(11-15)21(28)25(20(17)27)13-14-6-8-23-9-7-14/h4-9,11,16,22H,2-3,10,12-13H2,1H3. The van der Waals surface area contributed by atoms with E-state index < -0.39 is 0 Å². The summed E-state index contributed by atoms with van der Waals surface area (Å²) in [7, 11) is 1.87. The molecular weight excluding hydrogens is 356 g/mol. The van der Waals surface area contributed by atoms with E-state index in [0.29, 0.717) is 23.2 Å². The Labute approximate surface area is 163 Å². The maximum atomic E-state index is 13.0. The normalized spacial score (nSPS) is 18.7. The summed E-state index contributed by atoms with van der Waals surface area (Å²) in [5.41, 5.74) is 1.93. The summed E-state index contributed by atoms with van der Waals surface area (Å²) in [6.45, 7) is 1.64. The van der Waals surface area contributed by atoms with E-state index in [1.54, 1.807) is 42.7 Å². The van der Waals surface area contributed by atoms with Gasteiger partial charge in [-0.15, -0.1) is 0 Å². The van der Waals surface area contributed by atoms with Gasteiger partial charge in [0.15, 0.2) is 0 Å². The number of nitrogens with one attached hydrogen (secondary N) is 1. The quantitative estimate of drug-likeness (QED) is 0.801. The van der Waals surface area contributed by atoms with E-state index in [2.05, 4.69) is 10.3 Å². The number of hydrogen-bond acceptors (Lipinski definition) is 5. The van der Waals surface area contributed by atoms with Crippen LogP contribution < -0.4 is 5.32 Å². The number of likely N-dealkylation sites (tertiary alicyclic amines) is 1. The Morgan fingerprint density at radius 1 is 1.14 bits per heavy atom. The lowest BCUT2D eigenvalue weighted by Crippen LogP contribution is -2.40. The van der Waals surface area contributed by atoms with Gasteiger partial charge in [0.2, 0.25) is 0 Å². The lowest BCUT2D eigenvalue weighted by molar-refractivity contribution is 0.0641. The van der Waals surface area contributed by atoms with E-state index in [4.69, 9.17) is 0 Å². The second kappa shape index (κ2) is 7.52. The van der Waals surface area contributed by atoms with Crippen LogP contribution in [0.2, 0.25) is 0 Å². The van der Waals surface area contributed by atoms with Crippen molar-refractivity contribution < 1.29 is 14.4 Å². The molecule has 28 heavy (non-hydrogen) atoms. The van der Waals surface area contributed by atoms with Crippen molar-refractivity contribution in [2.45, 2.75) is 25.4 Å². The van der Waals surface area contributed by atoms with Crippen LogP contribution in [0.15, 0.2) is 42.7 Å². The Kier molecular flexibility index (Phi) is 4.92. The fourth-order valence-electron chi connectivity index (χ4n) is 3.95. The molecule has 4 rings (SSSR count). The molecular formula is C21H22N4O3. The number of nitrogens with zero attached hydrogens (tertiary/aromatic N) is 3. The van der Waals surface area contributed by atoms with Crippen LogP contribution in [0.1, 0.15) is 49.5 Å². The predicted molar refractivity (Wildman–Crippen MR) is 103 cm³/mol. The highest BCUT2D eigenvalue weighted by Gasteiger charge is 2.37. The van der Waals surface area contributed by atoms with Crippen LogP contribution in [0.25, 0.3) is 0 Å². The molecule has 1 atom stereocenters. The molecule has 0 saturated carbocycles. The summed E-state index contributed by atoms with van der Waals surface area (Å²) in [5, 5.41) is 3.13. The Morgan fingerprint density at radius 2 is 1.89 bits per heavy atom. The van der Waals surface area contributed by atoms with Crippen molar-refractivity contribution in [2.24, 2.45) is 0 Å². The van der Waals surface area contributed by atoms with Crippen LogP contribution in [0.5, 0.6) is 0 Å². The summed E-state index contributed by atoms with van der Waals surface area (Å²) in [6, 6.07) is 8.52. The van der Waals surface area contributed by atoms with Crippen LogP contribution in [-0.2, 0) is 6.54 Å². The molecule has 2 aliphatic heterocycles. The Hall–Kier alpha value is -3.06. The number of fused-ring (bicyclic) bond motifs is 1. The molecule has 144 valence electrons. The van der Waals surface area contributed by atoms with Gasteiger partial charge in [-0.3, -0.25) is 24.3 Å². The maximum Gasteiger partial charge on any atom is 0.261 e. The maximum absolute atomic E-state index is 13.0. The number of aromatic nitrogens is 1. The highest BCUT2D eigenvalue weighted by molar-refractivity contribution is 6.22. The molecule has 0 radical (unpaired) electrons. The molecule has 7 nitrogen and oxygen atoms in total. The zero-order valence-corrected chi connectivity index (χ0v) is 15.7. The topological polar surface area (TPSA) is 82.6 Å². The largest absolute Gasteiger partial charge is 0.334 e. The van der Waals surface area contributed by atoms with Crippen molar-refractivity contribution in [3.8, 4) is 0 Å². The number of hydrogen-bond donors (Lipinski definition) is 1. The fraction of sp³-hybridized carbons (Fsp3) is 0.333. The number of imide groups is 1. The monoisotopic (exact) mass is 378 g/mol. The molecule has 1 aromatic heterocycles. The highest BCUT2D eigenvalue weighted by Crippen LogP contribution is 2.27. The average Bonchev–Trinajstić information content (AvgIpc) is 3.27. The van der Waals surface area contributed by atoms with Gasteiger partial charge in [-0.05, 0) is 55.8 Å². The van der Waals surface area contributed by atoms with E-state index in [0.717, 1.165) is 24.9 Å². The molecule has 7 heteroatoms. The van der Waals surface area contributed by atoms with Gasteiger partial charge in [-0.25, -0.2) is 0 Å². The van der Waals surface area contributed by atoms with Gasteiger partial charge in [-0.2, -0.15) is 0 Å². The second-order valence-corrected chi connectivity index (χ2v) is 7.16. The molecule has 1 aromatic carbocycles. The predicted octanol–water partition coefficient (Wildman–Crippen LogP) is 1.70.